The van der Waals surface area contributed by atoms with Crippen LogP contribution in [0.15, 0.2) is 6.20 Å². The van der Waals surface area contributed by atoms with Gasteiger partial charge >= 0.3 is 0 Å². The summed E-state index contributed by atoms with van der Waals surface area (Å²) in [6.45, 7) is 1.93. The van der Waals surface area contributed by atoms with Crippen LogP contribution in [0, 0.1) is 5.92 Å². The number of amides is 1. The summed E-state index contributed by atoms with van der Waals surface area (Å²) in [6.07, 6.45) is 11.5. The van der Waals surface area contributed by atoms with Crippen LogP contribution in [0.4, 0.5) is 0 Å². The molecule has 1 saturated heterocycles. The Balaban J connectivity index is 1.24. The maximum Gasteiger partial charge on any atom is 0.223 e. The molecule has 2 saturated carbocycles. The molecule has 3 fully saturated rings. The molecule has 0 radical (unpaired) electrons. The van der Waals surface area contributed by atoms with Crippen molar-refractivity contribution in [3.05, 3.63) is 23.3 Å². The topological polar surface area (TPSA) is 55.3 Å². The lowest BCUT2D eigenvalue weighted by Crippen LogP contribution is -2.61. The van der Waals surface area contributed by atoms with E-state index in [1.165, 1.54) is 44.9 Å². The van der Waals surface area contributed by atoms with Crippen molar-refractivity contribution >= 4 is 5.91 Å². The highest BCUT2D eigenvalue weighted by atomic mass is 16.5. The molecule has 1 spiro atoms. The summed E-state index contributed by atoms with van der Waals surface area (Å²) < 4.78 is 6.08. The predicted octanol–water partition coefficient (Wildman–Crippen LogP) is 2.89. The quantitative estimate of drug-likeness (QED) is 0.856. The van der Waals surface area contributed by atoms with Crippen LogP contribution in [0.3, 0.4) is 0 Å². The molecule has 5 rings (SSSR count). The second kappa shape index (κ2) is 5.51. The first-order chi connectivity index (χ1) is 11.7. The van der Waals surface area contributed by atoms with Gasteiger partial charge in [-0.15, -0.1) is 0 Å². The number of carbonyl (C=O) groups is 1. The molecule has 0 bridgehead atoms. The van der Waals surface area contributed by atoms with Crippen molar-refractivity contribution < 1.29 is 9.53 Å². The minimum atomic E-state index is -0.320. The highest BCUT2D eigenvalue weighted by Gasteiger charge is 2.52. The van der Waals surface area contributed by atoms with Gasteiger partial charge in [0.2, 0.25) is 5.91 Å². The Bertz CT molecular complexity index is 659. The van der Waals surface area contributed by atoms with Gasteiger partial charge in [0.1, 0.15) is 11.4 Å². The molecule has 128 valence electrons. The highest BCUT2D eigenvalue weighted by molar-refractivity contribution is 5.78. The first-order valence-electron chi connectivity index (χ1n) is 9.51. The summed E-state index contributed by atoms with van der Waals surface area (Å²) in [7, 11) is 0. The molecule has 0 unspecified atom stereocenters. The number of rotatable bonds is 3. The molecule has 2 aliphatic carbocycles. The van der Waals surface area contributed by atoms with E-state index >= 15 is 0 Å². The maximum atomic E-state index is 12.5. The van der Waals surface area contributed by atoms with Crippen LogP contribution in [0.1, 0.15) is 74.4 Å². The minimum absolute atomic E-state index is 0.306. The van der Waals surface area contributed by atoms with Crippen LogP contribution in [-0.2, 0) is 21.7 Å². The largest absolute Gasteiger partial charge is 0.360 e. The normalized spacial score (nSPS) is 25.6. The molecule has 1 aromatic rings. The fourth-order valence-corrected chi connectivity index (χ4v) is 4.52. The van der Waals surface area contributed by atoms with Gasteiger partial charge in [-0.05, 0) is 31.6 Å². The van der Waals surface area contributed by atoms with Crippen molar-refractivity contribution in [1.82, 2.24) is 14.9 Å². The molecule has 2 aliphatic heterocycles. The van der Waals surface area contributed by atoms with Crippen LogP contribution >= 0.6 is 0 Å². The Labute approximate surface area is 142 Å². The van der Waals surface area contributed by atoms with Crippen molar-refractivity contribution in [2.45, 2.75) is 69.5 Å². The molecule has 0 aromatic carbocycles. The van der Waals surface area contributed by atoms with Crippen molar-refractivity contribution in [2.75, 3.05) is 13.1 Å². The Hall–Kier alpha value is -1.49. The van der Waals surface area contributed by atoms with E-state index in [-0.39, 0.29) is 5.60 Å². The monoisotopic (exact) mass is 327 g/mol. The number of likely N-dealkylation sites (tertiary alicyclic amines) is 1. The van der Waals surface area contributed by atoms with Crippen molar-refractivity contribution in [1.29, 1.82) is 0 Å². The van der Waals surface area contributed by atoms with E-state index < -0.39 is 0 Å². The average Bonchev–Trinajstić information content (AvgIpc) is 3.34. The van der Waals surface area contributed by atoms with E-state index in [1.54, 1.807) is 0 Å². The van der Waals surface area contributed by atoms with Gasteiger partial charge in [-0.3, -0.25) is 4.79 Å². The average molecular weight is 327 g/mol. The summed E-state index contributed by atoms with van der Waals surface area (Å²) in [5.41, 5.74) is 1.85. The van der Waals surface area contributed by atoms with Gasteiger partial charge in [0.15, 0.2) is 0 Å². The van der Waals surface area contributed by atoms with E-state index in [0.717, 1.165) is 23.5 Å². The van der Waals surface area contributed by atoms with Crippen LogP contribution in [0.25, 0.3) is 0 Å². The summed E-state index contributed by atoms with van der Waals surface area (Å²) in [4.78, 5) is 23.8. The van der Waals surface area contributed by atoms with Crippen molar-refractivity contribution in [3.63, 3.8) is 0 Å². The highest BCUT2D eigenvalue weighted by Crippen LogP contribution is 2.45. The van der Waals surface area contributed by atoms with Gasteiger partial charge in [0.25, 0.3) is 0 Å². The second-order valence-electron chi connectivity index (χ2n) is 8.10. The lowest BCUT2D eigenvalue weighted by Gasteiger charge is -2.47. The van der Waals surface area contributed by atoms with Gasteiger partial charge in [-0.25, -0.2) is 9.97 Å². The number of fused-ring (bicyclic) bond motifs is 2. The summed E-state index contributed by atoms with van der Waals surface area (Å²) in [5.74, 6) is 2.46. The predicted molar refractivity (Wildman–Crippen MR) is 88.2 cm³/mol. The minimum Gasteiger partial charge on any atom is -0.360 e. The van der Waals surface area contributed by atoms with E-state index in [9.17, 15) is 4.79 Å². The summed E-state index contributed by atoms with van der Waals surface area (Å²) in [6, 6.07) is 0. The molecule has 0 atom stereocenters. The van der Waals surface area contributed by atoms with Crippen LogP contribution < -0.4 is 0 Å². The van der Waals surface area contributed by atoms with Crippen molar-refractivity contribution in [2.24, 2.45) is 5.92 Å². The standard InChI is InChI=1S/C19H25N3O2/c23-17(8-13-4-2-1-3-5-13)22-11-19(12-22)15-9-20-18(14-6-7-14)21-16(15)10-24-19/h9,13-14H,1-8,10-12H2. The molecular formula is C19H25N3O2. The van der Waals surface area contributed by atoms with E-state index in [1.807, 2.05) is 11.1 Å². The fraction of sp³-hybridized carbons (Fsp3) is 0.737. The van der Waals surface area contributed by atoms with Crippen molar-refractivity contribution in [3.8, 4) is 0 Å². The zero-order chi connectivity index (χ0) is 16.1. The molecule has 24 heavy (non-hydrogen) atoms. The molecule has 1 amide bonds. The van der Waals surface area contributed by atoms with Crippen LogP contribution in [0.2, 0.25) is 0 Å². The van der Waals surface area contributed by atoms with Gasteiger partial charge in [0.05, 0.1) is 25.4 Å². The zero-order valence-electron chi connectivity index (χ0n) is 14.2. The van der Waals surface area contributed by atoms with Gasteiger partial charge in [-0.1, -0.05) is 19.3 Å². The molecule has 1 aromatic heterocycles. The SMILES string of the molecule is O=C(CC1CCCCC1)N1CC2(C1)OCc1nc(C3CC3)ncc12. The van der Waals surface area contributed by atoms with Gasteiger partial charge < -0.3 is 9.64 Å². The second-order valence-corrected chi connectivity index (χ2v) is 8.10. The van der Waals surface area contributed by atoms with Gasteiger partial charge in [0, 0.05) is 24.1 Å². The summed E-state index contributed by atoms with van der Waals surface area (Å²) >= 11 is 0. The fourth-order valence-electron chi connectivity index (χ4n) is 4.52. The van der Waals surface area contributed by atoms with Gasteiger partial charge in [-0.2, -0.15) is 0 Å². The third-order valence-electron chi connectivity index (χ3n) is 6.24. The molecule has 5 nitrogen and oxygen atoms in total. The maximum absolute atomic E-state index is 12.5. The Morgan fingerprint density at radius 2 is 2.00 bits per heavy atom. The lowest BCUT2D eigenvalue weighted by molar-refractivity contribution is -0.169. The third-order valence-corrected chi connectivity index (χ3v) is 6.24. The number of hydrogen-bond donors (Lipinski definition) is 0. The lowest BCUT2D eigenvalue weighted by atomic mass is 9.84. The number of ether oxygens (including phenoxy) is 1. The third kappa shape index (κ3) is 2.44. The number of nitrogens with zero attached hydrogens (tertiary/aromatic N) is 3. The number of hydrogen-bond acceptors (Lipinski definition) is 4. The molecule has 4 aliphatic rings. The number of carbonyl (C=O) groups excluding carboxylic acids is 1. The van der Waals surface area contributed by atoms with Crippen LogP contribution in [0.5, 0.6) is 0 Å². The molecular weight excluding hydrogens is 302 g/mol. The molecule has 0 N–H and O–H groups in total. The molecule has 3 heterocycles. The smallest absolute Gasteiger partial charge is 0.223 e. The molecule has 5 heteroatoms. The summed E-state index contributed by atoms with van der Waals surface area (Å²) in [5, 5.41) is 0. The van der Waals surface area contributed by atoms with E-state index in [2.05, 4.69) is 4.98 Å². The van der Waals surface area contributed by atoms with Crippen LogP contribution in [-0.4, -0.2) is 33.9 Å². The Morgan fingerprint density at radius 1 is 1.21 bits per heavy atom. The van der Waals surface area contributed by atoms with E-state index in [0.29, 0.717) is 37.4 Å². The first-order valence-corrected chi connectivity index (χ1v) is 9.51. The Kier molecular flexibility index (Phi) is 3.40. The Morgan fingerprint density at radius 3 is 2.75 bits per heavy atom. The van der Waals surface area contributed by atoms with E-state index in [4.69, 9.17) is 9.72 Å². The zero-order valence-corrected chi connectivity index (χ0v) is 14.2. The number of aromatic nitrogens is 2. The first kappa shape index (κ1) is 14.8.